The third-order valence-corrected chi connectivity index (χ3v) is 2.33. The van der Waals surface area contributed by atoms with Gasteiger partial charge in [0.1, 0.15) is 6.10 Å². The normalized spacial score (nSPS) is 12.1. The summed E-state index contributed by atoms with van der Waals surface area (Å²) in [5, 5.41) is 0. The van der Waals surface area contributed by atoms with Crippen LogP contribution in [0, 0.1) is 0 Å². The van der Waals surface area contributed by atoms with Crippen molar-refractivity contribution in [2.24, 2.45) is 0 Å². The Morgan fingerprint density at radius 3 is 2.71 bits per heavy atom. The Bertz CT molecular complexity index is 393. The number of rotatable bonds is 5. The fraction of sp³-hybridized carbons (Fsp3) is 0.417. The number of hydrogen-bond acceptors (Lipinski definition) is 5. The van der Waals surface area contributed by atoms with Crippen molar-refractivity contribution in [1.82, 2.24) is 0 Å². The molecular weight excluding hydrogens is 220 g/mol. The summed E-state index contributed by atoms with van der Waals surface area (Å²) in [7, 11) is 1.60. The van der Waals surface area contributed by atoms with Crippen LogP contribution in [0.1, 0.15) is 23.7 Å². The second-order valence-electron chi connectivity index (χ2n) is 3.84. The molecule has 0 bridgehead atoms. The van der Waals surface area contributed by atoms with Crippen LogP contribution in [0.2, 0.25) is 0 Å². The van der Waals surface area contributed by atoms with E-state index in [4.69, 9.17) is 20.9 Å². The number of benzene rings is 1. The van der Waals surface area contributed by atoms with E-state index < -0.39 is 5.97 Å². The van der Waals surface area contributed by atoms with Crippen molar-refractivity contribution < 1.29 is 14.3 Å². The Balaban J connectivity index is 2.63. The van der Waals surface area contributed by atoms with Gasteiger partial charge in [0.2, 0.25) is 0 Å². The van der Waals surface area contributed by atoms with Gasteiger partial charge in [-0.25, -0.2) is 4.79 Å². The van der Waals surface area contributed by atoms with Crippen LogP contribution in [0.5, 0.6) is 0 Å². The van der Waals surface area contributed by atoms with Crippen molar-refractivity contribution in [2.45, 2.75) is 19.4 Å². The summed E-state index contributed by atoms with van der Waals surface area (Å²) in [5.41, 5.74) is 12.4. The lowest BCUT2D eigenvalue weighted by atomic mass is 10.1. The molecule has 0 aliphatic rings. The van der Waals surface area contributed by atoms with Gasteiger partial charge in [-0.2, -0.15) is 0 Å². The second kappa shape index (κ2) is 6.10. The third-order valence-electron chi connectivity index (χ3n) is 2.33. The van der Waals surface area contributed by atoms with Crippen molar-refractivity contribution in [3.63, 3.8) is 0 Å². The van der Waals surface area contributed by atoms with Gasteiger partial charge in [0, 0.05) is 31.5 Å². The van der Waals surface area contributed by atoms with E-state index in [1.807, 2.05) is 6.92 Å². The minimum Gasteiger partial charge on any atom is -0.459 e. The Morgan fingerprint density at radius 1 is 1.41 bits per heavy atom. The SMILES string of the molecule is COCCC(C)OC(=O)c1ccc(N)cc1N. The van der Waals surface area contributed by atoms with Crippen LogP contribution in [-0.4, -0.2) is 25.8 Å². The van der Waals surface area contributed by atoms with Gasteiger partial charge in [-0.3, -0.25) is 0 Å². The van der Waals surface area contributed by atoms with Gasteiger partial charge in [-0.1, -0.05) is 0 Å². The summed E-state index contributed by atoms with van der Waals surface area (Å²) in [6, 6.07) is 4.72. The monoisotopic (exact) mass is 238 g/mol. The molecule has 0 saturated heterocycles. The molecule has 1 aromatic carbocycles. The molecule has 0 spiro atoms. The van der Waals surface area contributed by atoms with E-state index in [0.717, 1.165) is 0 Å². The van der Waals surface area contributed by atoms with Crippen LogP contribution >= 0.6 is 0 Å². The first-order valence-electron chi connectivity index (χ1n) is 5.39. The minimum atomic E-state index is -0.439. The summed E-state index contributed by atoms with van der Waals surface area (Å²) in [4.78, 5) is 11.8. The minimum absolute atomic E-state index is 0.209. The zero-order valence-corrected chi connectivity index (χ0v) is 10.1. The maximum Gasteiger partial charge on any atom is 0.340 e. The number of carbonyl (C=O) groups excluding carboxylic acids is 1. The number of nitrogens with two attached hydrogens (primary N) is 2. The quantitative estimate of drug-likeness (QED) is 0.598. The molecule has 0 fully saturated rings. The van der Waals surface area contributed by atoms with Crippen molar-refractivity contribution >= 4 is 17.3 Å². The molecule has 1 rings (SSSR count). The summed E-state index contributed by atoms with van der Waals surface area (Å²) in [6.07, 6.45) is 0.441. The first-order valence-corrected chi connectivity index (χ1v) is 5.39. The van der Waals surface area contributed by atoms with Crippen molar-refractivity contribution in [3.8, 4) is 0 Å². The zero-order chi connectivity index (χ0) is 12.8. The van der Waals surface area contributed by atoms with E-state index in [-0.39, 0.29) is 6.10 Å². The number of methoxy groups -OCH3 is 1. The van der Waals surface area contributed by atoms with Gasteiger partial charge in [0.05, 0.1) is 5.56 Å². The van der Waals surface area contributed by atoms with Crippen LogP contribution < -0.4 is 11.5 Å². The highest BCUT2D eigenvalue weighted by Crippen LogP contribution is 2.17. The molecule has 0 aromatic heterocycles. The van der Waals surface area contributed by atoms with E-state index in [1.165, 1.54) is 6.07 Å². The first-order chi connectivity index (χ1) is 8.04. The van der Waals surface area contributed by atoms with Crippen molar-refractivity contribution in [1.29, 1.82) is 0 Å². The van der Waals surface area contributed by atoms with Gasteiger partial charge in [-0.05, 0) is 25.1 Å². The summed E-state index contributed by atoms with van der Waals surface area (Å²) in [6.45, 7) is 2.36. The van der Waals surface area contributed by atoms with Crippen LogP contribution in [0.15, 0.2) is 18.2 Å². The lowest BCUT2D eigenvalue weighted by Gasteiger charge is -2.13. The number of nitrogen functional groups attached to an aromatic ring is 2. The topological polar surface area (TPSA) is 87.6 Å². The smallest absolute Gasteiger partial charge is 0.340 e. The van der Waals surface area contributed by atoms with E-state index >= 15 is 0 Å². The Kier molecular flexibility index (Phi) is 4.78. The average Bonchev–Trinajstić information content (AvgIpc) is 2.26. The molecule has 0 amide bonds. The molecule has 0 aliphatic heterocycles. The molecule has 94 valence electrons. The summed E-state index contributed by atoms with van der Waals surface area (Å²) >= 11 is 0. The van der Waals surface area contributed by atoms with Crippen LogP contribution in [-0.2, 0) is 9.47 Å². The first kappa shape index (κ1) is 13.3. The molecule has 0 radical (unpaired) electrons. The molecular formula is C12H18N2O3. The maximum absolute atomic E-state index is 11.8. The Morgan fingerprint density at radius 2 is 2.12 bits per heavy atom. The van der Waals surface area contributed by atoms with E-state index in [2.05, 4.69) is 0 Å². The number of hydrogen-bond donors (Lipinski definition) is 2. The molecule has 5 nitrogen and oxygen atoms in total. The predicted molar refractivity (Wildman–Crippen MR) is 66.6 cm³/mol. The molecule has 17 heavy (non-hydrogen) atoms. The van der Waals surface area contributed by atoms with Gasteiger partial charge in [0.25, 0.3) is 0 Å². The Hall–Kier alpha value is -1.75. The number of anilines is 2. The van der Waals surface area contributed by atoms with E-state index in [9.17, 15) is 4.79 Å². The van der Waals surface area contributed by atoms with Gasteiger partial charge >= 0.3 is 5.97 Å². The average molecular weight is 238 g/mol. The molecule has 4 N–H and O–H groups in total. The van der Waals surface area contributed by atoms with Gasteiger partial charge in [0.15, 0.2) is 0 Å². The second-order valence-corrected chi connectivity index (χ2v) is 3.84. The number of carbonyl (C=O) groups is 1. The van der Waals surface area contributed by atoms with Crippen LogP contribution in [0.4, 0.5) is 11.4 Å². The molecule has 0 heterocycles. The van der Waals surface area contributed by atoms with Crippen molar-refractivity contribution in [2.75, 3.05) is 25.2 Å². The molecule has 5 heteroatoms. The lowest BCUT2D eigenvalue weighted by molar-refractivity contribution is 0.0268. The van der Waals surface area contributed by atoms with Crippen LogP contribution in [0.25, 0.3) is 0 Å². The standard InChI is InChI=1S/C12H18N2O3/c1-8(5-6-16-2)17-12(15)10-4-3-9(13)7-11(10)14/h3-4,7-8H,5-6,13-14H2,1-2H3. The maximum atomic E-state index is 11.8. The zero-order valence-electron chi connectivity index (χ0n) is 10.1. The third kappa shape index (κ3) is 3.96. The molecule has 0 aliphatic carbocycles. The fourth-order valence-corrected chi connectivity index (χ4v) is 1.36. The molecule has 1 atom stereocenters. The van der Waals surface area contributed by atoms with Crippen molar-refractivity contribution in [3.05, 3.63) is 23.8 Å². The highest BCUT2D eigenvalue weighted by atomic mass is 16.5. The van der Waals surface area contributed by atoms with Gasteiger partial charge in [-0.15, -0.1) is 0 Å². The molecule has 1 aromatic rings. The number of esters is 1. The summed E-state index contributed by atoms with van der Waals surface area (Å²) in [5.74, 6) is -0.439. The molecule has 1 unspecified atom stereocenters. The van der Waals surface area contributed by atoms with Crippen LogP contribution in [0.3, 0.4) is 0 Å². The molecule has 0 saturated carbocycles. The largest absolute Gasteiger partial charge is 0.459 e. The predicted octanol–water partition coefficient (Wildman–Crippen LogP) is 1.43. The summed E-state index contributed by atoms with van der Waals surface area (Å²) < 4.78 is 10.1. The van der Waals surface area contributed by atoms with E-state index in [0.29, 0.717) is 30.0 Å². The Labute approximate surface area is 101 Å². The van der Waals surface area contributed by atoms with E-state index in [1.54, 1.807) is 19.2 Å². The fourth-order valence-electron chi connectivity index (χ4n) is 1.36. The van der Waals surface area contributed by atoms with Gasteiger partial charge < -0.3 is 20.9 Å². The lowest BCUT2D eigenvalue weighted by Crippen LogP contribution is -2.17. The highest BCUT2D eigenvalue weighted by molar-refractivity contribution is 5.95. The number of ether oxygens (including phenoxy) is 2. The highest BCUT2D eigenvalue weighted by Gasteiger charge is 2.14.